The molecule has 0 radical (unpaired) electrons. The molecule has 2 rings (SSSR count). The van der Waals surface area contributed by atoms with E-state index < -0.39 is 0 Å². The molecule has 0 bridgehead atoms. The van der Waals surface area contributed by atoms with Crippen LogP contribution in [-0.4, -0.2) is 0 Å². The van der Waals surface area contributed by atoms with Gasteiger partial charge >= 0.3 is 0 Å². The van der Waals surface area contributed by atoms with Crippen molar-refractivity contribution in [3.8, 4) is 0 Å². The van der Waals surface area contributed by atoms with E-state index in [0.29, 0.717) is 11.3 Å². The van der Waals surface area contributed by atoms with Gasteiger partial charge in [-0.1, -0.05) is 40.2 Å². The zero-order valence-corrected chi connectivity index (χ0v) is 12.3. The van der Waals surface area contributed by atoms with Crippen molar-refractivity contribution in [1.82, 2.24) is 0 Å². The first-order chi connectivity index (χ1) is 7.93. The second-order valence-corrected chi connectivity index (χ2v) is 6.95. The number of thiol groups is 1. The van der Waals surface area contributed by atoms with Crippen LogP contribution in [0.4, 0.5) is 0 Å². The van der Waals surface area contributed by atoms with E-state index in [1.807, 2.05) is 0 Å². The Morgan fingerprint density at radius 1 is 1.29 bits per heavy atom. The average Bonchev–Trinajstić information content (AvgIpc) is 2.25. The number of rotatable bonds is 1. The van der Waals surface area contributed by atoms with Gasteiger partial charge in [-0.3, -0.25) is 0 Å². The summed E-state index contributed by atoms with van der Waals surface area (Å²) in [5.74, 6) is 1.54. The van der Waals surface area contributed by atoms with E-state index in [9.17, 15) is 0 Å². The lowest BCUT2D eigenvalue weighted by molar-refractivity contribution is 0.207. The molecule has 0 heterocycles. The van der Waals surface area contributed by atoms with E-state index in [-0.39, 0.29) is 0 Å². The maximum atomic E-state index is 4.47. The SMILES string of the molecule is CCC1CCc2cc(S)ccc2C1C(C)(C)C. The lowest BCUT2D eigenvalue weighted by Gasteiger charge is -2.41. The van der Waals surface area contributed by atoms with Gasteiger partial charge in [0.25, 0.3) is 0 Å². The predicted molar refractivity (Wildman–Crippen MR) is 78.0 cm³/mol. The van der Waals surface area contributed by atoms with Crippen LogP contribution in [0.2, 0.25) is 0 Å². The Labute approximate surface area is 111 Å². The van der Waals surface area contributed by atoms with Crippen LogP contribution in [0.3, 0.4) is 0 Å². The molecule has 0 nitrogen and oxygen atoms in total. The van der Waals surface area contributed by atoms with Crippen LogP contribution in [0, 0.1) is 11.3 Å². The molecule has 0 aromatic heterocycles. The summed E-state index contributed by atoms with van der Waals surface area (Å²) in [4.78, 5) is 1.10. The monoisotopic (exact) mass is 248 g/mol. The highest BCUT2D eigenvalue weighted by Gasteiger charge is 2.36. The van der Waals surface area contributed by atoms with E-state index in [2.05, 4.69) is 58.5 Å². The second-order valence-electron chi connectivity index (χ2n) is 6.43. The summed E-state index contributed by atoms with van der Waals surface area (Å²) < 4.78 is 0. The molecule has 0 fully saturated rings. The highest BCUT2D eigenvalue weighted by molar-refractivity contribution is 7.80. The minimum atomic E-state index is 0.355. The summed E-state index contributed by atoms with van der Waals surface area (Å²) in [7, 11) is 0. The van der Waals surface area contributed by atoms with Crippen molar-refractivity contribution >= 4 is 12.6 Å². The molecule has 17 heavy (non-hydrogen) atoms. The Bertz CT molecular complexity index is 400. The normalized spacial score (nSPS) is 24.5. The molecular formula is C16H24S. The third-order valence-corrected chi connectivity index (χ3v) is 4.45. The molecule has 0 saturated carbocycles. The topological polar surface area (TPSA) is 0 Å². The number of hydrogen-bond acceptors (Lipinski definition) is 1. The van der Waals surface area contributed by atoms with Crippen LogP contribution >= 0.6 is 12.6 Å². The van der Waals surface area contributed by atoms with Gasteiger partial charge in [0.05, 0.1) is 0 Å². The highest BCUT2D eigenvalue weighted by atomic mass is 32.1. The maximum absolute atomic E-state index is 4.47. The lowest BCUT2D eigenvalue weighted by Crippen LogP contribution is -2.30. The van der Waals surface area contributed by atoms with Crippen LogP contribution in [0.5, 0.6) is 0 Å². The first-order valence-corrected chi connectivity index (χ1v) is 7.20. The molecule has 2 unspecified atom stereocenters. The van der Waals surface area contributed by atoms with Crippen LogP contribution in [-0.2, 0) is 6.42 Å². The van der Waals surface area contributed by atoms with E-state index in [4.69, 9.17) is 0 Å². The van der Waals surface area contributed by atoms with Crippen LogP contribution in [0.15, 0.2) is 23.1 Å². The van der Waals surface area contributed by atoms with E-state index in [1.165, 1.54) is 24.8 Å². The van der Waals surface area contributed by atoms with Gasteiger partial charge in [0.2, 0.25) is 0 Å². The molecule has 2 atom stereocenters. The van der Waals surface area contributed by atoms with E-state index in [1.54, 1.807) is 5.56 Å². The van der Waals surface area contributed by atoms with Crippen molar-refractivity contribution in [3.63, 3.8) is 0 Å². The third kappa shape index (κ3) is 2.54. The molecule has 0 N–H and O–H groups in total. The largest absolute Gasteiger partial charge is 0.143 e. The molecule has 1 aromatic carbocycles. The van der Waals surface area contributed by atoms with Crippen LogP contribution < -0.4 is 0 Å². The molecule has 0 spiro atoms. The third-order valence-electron chi connectivity index (χ3n) is 4.17. The van der Waals surface area contributed by atoms with Crippen molar-refractivity contribution in [3.05, 3.63) is 29.3 Å². The van der Waals surface area contributed by atoms with Crippen molar-refractivity contribution < 1.29 is 0 Å². The average molecular weight is 248 g/mol. The fourth-order valence-corrected chi connectivity index (χ4v) is 3.72. The summed E-state index contributed by atoms with van der Waals surface area (Å²) in [5, 5.41) is 0. The van der Waals surface area contributed by atoms with Gasteiger partial charge in [-0.2, -0.15) is 0 Å². The highest BCUT2D eigenvalue weighted by Crippen LogP contribution is 2.48. The van der Waals surface area contributed by atoms with Gasteiger partial charge in [0, 0.05) is 4.90 Å². The number of hydrogen-bond donors (Lipinski definition) is 1. The second kappa shape index (κ2) is 4.68. The van der Waals surface area contributed by atoms with Crippen molar-refractivity contribution in [2.24, 2.45) is 11.3 Å². The standard InChI is InChI=1S/C16H24S/c1-5-11-6-7-12-10-13(17)8-9-14(12)15(11)16(2,3)4/h8-11,15,17H,5-7H2,1-4H3. The molecule has 0 saturated heterocycles. The Morgan fingerprint density at radius 3 is 2.59 bits per heavy atom. The maximum Gasteiger partial charge on any atom is 0.00429 e. The van der Waals surface area contributed by atoms with Crippen molar-refractivity contribution in [2.75, 3.05) is 0 Å². The first-order valence-electron chi connectivity index (χ1n) is 6.75. The lowest BCUT2D eigenvalue weighted by atomic mass is 9.63. The quantitative estimate of drug-likeness (QED) is 0.658. The predicted octanol–water partition coefficient (Wildman–Crippen LogP) is 5.08. The number of aryl methyl sites for hydroxylation is 1. The van der Waals surface area contributed by atoms with Crippen LogP contribution in [0.1, 0.15) is 57.6 Å². The Kier molecular flexibility index (Phi) is 3.58. The fraction of sp³-hybridized carbons (Fsp3) is 0.625. The molecule has 94 valence electrons. The Balaban J connectivity index is 2.47. The molecule has 0 aliphatic heterocycles. The zero-order chi connectivity index (χ0) is 12.6. The minimum Gasteiger partial charge on any atom is -0.143 e. The molecule has 1 heteroatoms. The summed E-state index contributed by atoms with van der Waals surface area (Å²) in [6.45, 7) is 9.47. The van der Waals surface area contributed by atoms with Gasteiger partial charge in [-0.25, -0.2) is 0 Å². The molecule has 1 aromatic rings. The first kappa shape index (κ1) is 13.0. The molecule has 1 aliphatic rings. The van der Waals surface area contributed by atoms with Gasteiger partial charge in [-0.15, -0.1) is 12.6 Å². The number of benzene rings is 1. The van der Waals surface area contributed by atoms with Gasteiger partial charge < -0.3 is 0 Å². The smallest absolute Gasteiger partial charge is 0.00429 e. The molecule has 1 aliphatic carbocycles. The van der Waals surface area contributed by atoms with Gasteiger partial charge in [0.1, 0.15) is 0 Å². The summed E-state index contributed by atoms with van der Waals surface area (Å²) in [6.07, 6.45) is 3.86. The van der Waals surface area contributed by atoms with E-state index in [0.717, 1.165) is 10.8 Å². The summed E-state index contributed by atoms with van der Waals surface area (Å²) in [6, 6.07) is 6.73. The summed E-state index contributed by atoms with van der Waals surface area (Å²) >= 11 is 4.47. The minimum absolute atomic E-state index is 0.355. The van der Waals surface area contributed by atoms with Gasteiger partial charge in [0.15, 0.2) is 0 Å². The van der Waals surface area contributed by atoms with Crippen molar-refractivity contribution in [2.45, 2.75) is 57.8 Å². The zero-order valence-electron chi connectivity index (χ0n) is 11.5. The Morgan fingerprint density at radius 2 is 2.00 bits per heavy atom. The summed E-state index contributed by atoms with van der Waals surface area (Å²) in [5.41, 5.74) is 3.46. The fourth-order valence-electron chi connectivity index (χ4n) is 3.49. The van der Waals surface area contributed by atoms with Crippen LogP contribution in [0.25, 0.3) is 0 Å². The molecule has 0 amide bonds. The number of fused-ring (bicyclic) bond motifs is 1. The van der Waals surface area contributed by atoms with E-state index >= 15 is 0 Å². The van der Waals surface area contributed by atoms with Crippen molar-refractivity contribution in [1.29, 1.82) is 0 Å². The van der Waals surface area contributed by atoms with Gasteiger partial charge in [-0.05, 0) is 53.4 Å². The molecular weight excluding hydrogens is 224 g/mol. The Hall–Kier alpha value is -0.430.